The van der Waals surface area contributed by atoms with Gasteiger partial charge in [-0.25, -0.2) is 0 Å². The van der Waals surface area contributed by atoms with Crippen LogP contribution in [-0.2, 0) is 4.79 Å². The molecule has 0 bridgehead atoms. The van der Waals surface area contributed by atoms with Gasteiger partial charge in [-0.15, -0.1) is 0 Å². The van der Waals surface area contributed by atoms with Gasteiger partial charge in [-0.1, -0.05) is 77.4 Å². The Morgan fingerprint density at radius 2 is 1.47 bits per heavy atom. The first-order chi connectivity index (χ1) is 9.29. The molecule has 0 aliphatic rings. The van der Waals surface area contributed by atoms with Gasteiger partial charge in [0.2, 0.25) is 0 Å². The number of carbonyl (C=O) groups is 1. The van der Waals surface area contributed by atoms with Crippen molar-refractivity contribution in [3.8, 4) is 0 Å². The molecule has 0 saturated heterocycles. The topological polar surface area (TPSA) is 17.1 Å². The van der Waals surface area contributed by atoms with E-state index in [1.165, 1.54) is 56.9 Å². The highest BCUT2D eigenvalue weighted by atomic mass is 16.1. The standard InChI is InChI=1S/C18H34O/c1-4-7-8-9-10-11-12-13-14-15-17(5-2)18(6-3)16-19/h15-16,18H,4-14H2,1-3H3/b17-15-. The Kier molecular flexibility index (Phi) is 13.4. The summed E-state index contributed by atoms with van der Waals surface area (Å²) in [6, 6.07) is 0. The molecule has 0 aliphatic carbocycles. The second-order valence-electron chi connectivity index (χ2n) is 5.55. The molecule has 112 valence electrons. The molecule has 0 N–H and O–H groups in total. The fraction of sp³-hybridized carbons (Fsp3) is 0.833. The van der Waals surface area contributed by atoms with E-state index in [0.717, 1.165) is 25.5 Å². The monoisotopic (exact) mass is 266 g/mol. The Morgan fingerprint density at radius 1 is 0.895 bits per heavy atom. The maximum absolute atomic E-state index is 11.0. The van der Waals surface area contributed by atoms with E-state index in [2.05, 4.69) is 26.8 Å². The van der Waals surface area contributed by atoms with Crippen LogP contribution in [0.15, 0.2) is 11.6 Å². The zero-order valence-electron chi connectivity index (χ0n) is 13.4. The van der Waals surface area contributed by atoms with Gasteiger partial charge in [0.25, 0.3) is 0 Å². The minimum absolute atomic E-state index is 0.166. The normalized spacial score (nSPS) is 13.5. The molecule has 1 nitrogen and oxygen atoms in total. The van der Waals surface area contributed by atoms with Gasteiger partial charge in [-0.05, 0) is 25.7 Å². The zero-order chi connectivity index (χ0) is 14.3. The van der Waals surface area contributed by atoms with Crippen LogP contribution < -0.4 is 0 Å². The van der Waals surface area contributed by atoms with Crippen molar-refractivity contribution in [1.29, 1.82) is 0 Å². The number of rotatable bonds is 13. The highest BCUT2D eigenvalue weighted by Gasteiger charge is 2.08. The van der Waals surface area contributed by atoms with Crippen LogP contribution in [0.25, 0.3) is 0 Å². The van der Waals surface area contributed by atoms with Crippen molar-refractivity contribution in [3.63, 3.8) is 0 Å². The van der Waals surface area contributed by atoms with Gasteiger partial charge in [0, 0.05) is 5.92 Å². The lowest BCUT2D eigenvalue weighted by molar-refractivity contribution is -0.110. The fourth-order valence-corrected chi connectivity index (χ4v) is 2.57. The van der Waals surface area contributed by atoms with Crippen LogP contribution in [0, 0.1) is 5.92 Å². The molecule has 0 aromatic heterocycles. The van der Waals surface area contributed by atoms with E-state index in [9.17, 15) is 4.79 Å². The van der Waals surface area contributed by atoms with Gasteiger partial charge in [0.1, 0.15) is 6.29 Å². The molecular formula is C18H34O. The Labute approximate surface area is 120 Å². The van der Waals surface area contributed by atoms with Gasteiger partial charge >= 0.3 is 0 Å². The number of carbonyl (C=O) groups excluding carboxylic acids is 1. The molecule has 0 aromatic carbocycles. The molecule has 0 saturated carbocycles. The number of allylic oxidation sites excluding steroid dienone is 2. The van der Waals surface area contributed by atoms with Crippen molar-refractivity contribution >= 4 is 6.29 Å². The number of aldehydes is 1. The predicted octanol–water partition coefficient (Wildman–Crippen LogP) is 6.08. The van der Waals surface area contributed by atoms with Crippen LogP contribution in [0.4, 0.5) is 0 Å². The maximum Gasteiger partial charge on any atom is 0.127 e. The van der Waals surface area contributed by atoms with Crippen molar-refractivity contribution in [2.45, 2.75) is 91.4 Å². The van der Waals surface area contributed by atoms with Crippen LogP contribution in [0.3, 0.4) is 0 Å². The highest BCUT2D eigenvalue weighted by molar-refractivity contribution is 5.58. The van der Waals surface area contributed by atoms with Crippen LogP contribution >= 0.6 is 0 Å². The number of unbranched alkanes of at least 4 members (excludes halogenated alkanes) is 8. The number of hydrogen-bond donors (Lipinski definition) is 0. The molecule has 19 heavy (non-hydrogen) atoms. The zero-order valence-corrected chi connectivity index (χ0v) is 13.4. The second kappa shape index (κ2) is 13.8. The van der Waals surface area contributed by atoms with Crippen LogP contribution in [0.1, 0.15) is 91.4 Å². The van der Waals surface area contributed by atoms with E-state index < -0.39 is 0 Å². The Bertz CT molecular complexity index is 230. The number of hydrogen-bond acceptors (Lipinski definition) is 1. The van der Waals surface area contributed by atoms with E-state index in [1.54, 1.807) is 0 Å². The van der Waals surface area contributed by atoms with Gasteiger partial charge in [-0.2, -0.15) is 0 Å². The summed E-state index contributed by atoms with van der Waals surface area (Å²) in [5, 5.41) is 0. The molecule has 0 fully saturated rings. The summed E-state index contributed by atoms with van der Waals surface area (Å²) < 4.78 is 0. The van der Waals surface area contributed by atoms with Crippen molar-refractivity contribution < 1.29 is 4.79 Å². The minimum Gasteiger partial charge on any atom is -0.303 e. The second-order valence-corrected chi connectivity index (χ2v) is 5.55. The van der Waals surface area contributed by atoms with E-state index in [1.807, 2.05) is 0 Å². The van der Waals surface area contributed by atoms with E-state index in [0.29, 0.717) is 0 Å². The molecule has 1 heteroatoms. The summed E-state index contributed by atoms with van der Waals surface area (Å²) in [5.74, 6) is 0.166. The third-order valence-electron chi connectivity index (χ3n) is 3.95. The summed E-state index contributed by atoms with van der Waals surface area (Å²) in [4.78, 5) is 11.0. The SMILES string of the molecule is CCCCCCCCCC/C=C(/CC)C(C=O)CC. The summed E-state index contributed by atoms with van der Waals surface area (Å²) in [5.41, 5.74) is 1.35. The van der Waals surface area contributed by atoms with Crippen LogP contribution in [0.2, 0.25) is 0 Å². The van der Waals surface area contributed by atoms with E-state index >= 15 is 0 Å². The quantitative estimate of drug-likeness (QED) is 0.224. The first-order valence-corrected chi connectivity index (χ1v) is 8.44. The van der Waals surface area contributed by atoms with E-state index in [-0.39, 0.29) is 5.92 Å². The third kappa shape index (κ3) is 9.92. The molecule has 0 spiro atoms. The molecular weight excluding hydrogens is 232 g/mol. The first-order valence-electron chi connectivity index (χ1n) is 8.44. The van der Waals surface area contributed by atoms with Crippen LogP contribution in [0.5, 0.6) is 0 Å². The van der Waals surface area contributed by atoms with Gasteiger partial charge < -0.3 is 4.79 Å². The molecule has 1 atom stereocenters. The molecule has 1 unspecified atom stereocenters. The van der Waals surface area contributed by atoms with Crippen LogP contribution in [-0.4, -0.2) is 6.29 Å². The lowest BCUT2D eigenvalue weighted by Gasteiger charge is -2.10. The van der Waals surface area contributed by atoms with E-state index in [4.69, 9.17) is 0 Å². The molecule has 0 aromatic rings. The Morgan fingerprint density at radius 3 is 1.95 bits per heavy atom. The van der Waals surface area contributed by atoms with Gasteiger partial charge in [-0.3, -0.25) is 0 Å². The summed E-state index contributed by atoms with van der Waals surface area (Å²) in [6.45, 7) is 6.52. The lowest BCUT2D eigenvalue weighted by Crippen LogP contribution is -2.03. The largest absolute Gasteiger partial charge is 0.303 e. The minimum atomic E-state index is 0.166. The molecule has 0 rings (SSSR count). The smallest absolute Gasteiger partial charge is 0.127 e. The van der Waals surface area contributed by atoms with Gasteiger partial charge in [0.05, 0.1) is 0 Å². The van der Waals surface area contributed by atoms with Crippen molar-refractivity contribution in [1.82, 2.24) is 0 Å². The molecule has 0 amide bonds. The molecule has 0 radical (unpaired) electrons. The third-order valence-corrected chi connectivity index (χ3v) is 3.95. The summed E-state index contributed by atoms with van der Waals surface area (Å²) in [6.07, 6.45) is 17.5. The molecule has 0 heterocycles. The highest BCUT2D eigenvalue weighted by Crippen LogP contribution is 2.18. The van der Waals surface area contributed by atoms with Crippen molar-refractivity contribution in [2.75, 3.05) is 0 Å². The van der Waals surface area contributed by atoms with Crippen molar-refractivity contribution in [3.05, 3.63) is 11.6 Å². The maximum atomic E-state index is 11.0. The average molecular weight is 266 g/mol. The summed E-state index contributed by atoms with van der Waals surface area (Å²) >= 11 is 0. The first kappa shape index (κ1) is 18.4. The Balaban J connectivity index is 3.61. The molecule has 0 aliphatic heterocycles. The van der Waals surface area contributed by atoms with Crippen molar-refractivity contribution in [2.24, 2.45) is 5.92 Å². The fourth-order valence-electron chi connectivity index (χ4n) is 2.57. The Hall–Kier alpha value is -0.590. The predicted molar refractivity (Wildman–Crippen MR) is 85.4 cm³/mol. The lowest BCUT2D eigenvalue weighted by atomic mass is 9.94. The van der Waals surface area contributed by atoms with Gasteiger partial charge in [0.15, 0.2) is 0 Å². The summed E-state index contributed by atoms with van der Waals surface area (Å²) in [7, 11) is 0. The average Bonchev–Trinajstić information content (AvgIpc) is 2.44.